The van der Waals surface area contributed by atoms with Crippen LogP contribution in [0.4, 0.5) is 0 Å². The third-order valence-corrected chi connectivity index (χ3v) is 5.76. The number of nitrogens with zero attached hydrogens (tertiary/aromatic N) is 1. The number of rotatable bonds is 6. The van der Waals surface area contributed by atoms with E-state index in [2.05, 4.69) is 26.1 Å². The van der Waals surface area contributed by atoms with Gasteiger partial charge in [0, 0.05) is 18.6 Å². The van der Waals surface area contributed by atoms with Crippen molar-refractivity contribution in [3.63, 3.8) is 0 Å². The number of nitrogens with one attached hydrogen (secondary N) is 1. The van der Waals surface area contributed by atoms with Crippen molar-refractivity contribution in [3.05, 3.63) is 0 Å². The quantitative estimate of drug-likeness (QED) is 0.805. The Labute approximate surface area is 112 Å². The van der Waals surface area contributed by atoms with Crippen molar-refractivity contribution in [1.82, 2.24) is 9.62 Å². The summed E-state index contributed by atoms with van der Waals surface area (Å²) in [5.74, 6) is 0.724. The van der Waals surface area contributed by atoms with Gasteiger partial charge in [-0.05, 0) is 39.2 Å². The number of hydrogen-bond acceptors (Lipinski definition) is 3. The smallest absolute Gasteiger partial charge is 0.214 e. The first-order valence-electron chi connectivity index (χ1n) is 7.05. The first-order valence-corrected chi connectivity index (χ1v) is 8.66. The molecule has 4 nitrogen and oxygen atoms in total. The summed E-state index contributed by atoms with van der Waals surface area (Å²) in [5.41, 5.74) is 0. The Balaban J connectivity index is 2.76. The van der Waals surface area contributed by atoms with E-state index in [0.29, 0.717) is 12.5 Å². The van der Waals surface area contributed by atoms with E-state index in [0.717, 1.165) is 25.7 Å². The molecule has 0 bridgehead atoms. The molecule has 18 heavy (non-hydrogen) atoms. The van der Waals surface area contributed by atoms with E-state index in [-0.39, 0.29) is 17.8 Å². The van der Waals surface area contributed by atoms with Crippen LogP contribution in [0.3, 0.4) is 0 Å². The van der Waals surface area contributed by atoms with E-state index in [9.17, 15) is 8.42 Å². The van der Waals surface area contributed by atoms with E-state index >= 15 is 0 Å². The molecule has 0 aromatic heterocycles. The molecule has 1 aliphatic heterocycles. The molecule has 5 heteroatoms. The Kier molecular flexibility index (Phi) is 6.08. The fraction of sp³-hybridized carbons (Fsp3) is 1.00. The molecule has 108 valence electrons. The van der Waals surface area contributed by atoms with E-state index in [4.69, 9.17) is 0 Å². The van der Waals surface area contributed by atoms with Crippen LogP contribution in [0.25, 0.3) is 0 Å². The van der Waals surface area contributed by atoms with E-state index in [1.54, 1.807) is 4.31 Å². The molecule has 0 aromatic carbocycles. The Hall–Kier alpha value is -0.130. The van der Waals surface area contributed by atoms with Crippen molar-refractivity contribution < 1.29 is 8.42 Å². The van der Waals surface area contributed by atoms with Crippen molar-refractivity contribution in [2.75, 3.05) is 19.3 Å². The molecular weight excluding hydrogens is 248 g/mol. The van der Waals surface area contributed by atoms with Gasteiger partial charge in [-0.1, -0.05) is 20.3 Å². The molecule has 2 atom stereocenters. The molecule has 0 aliphatic carbocycles. The van der Waals surface area contributed by atoms with Gasteiger partial charge in [0.25, 0.3) is 0 Å². The number of piperidine rings is 1. The zero-order valence-corrected chi connectivity index (χ0v) is 13.0. The average molecular weight is 276 g/mol. The highest BCUT2D eigenvalue weighted by Crippen LogP contribution is 2.24. The maximum Gasteiger partial charge on any atom is 0.214 e. The molecule has 2 unspecified atom stereocenters. The van der Waals surface area contributed by atoms with Gasteiger partial charge in [-0.15, -0.1) is 0 Å². The van der Waals surface area contributed by atoms with Gasteiger partial charge < -0.3 is 5.32 Å². The van der Waals surface area contributed by atoms with Crippen molar-refractivity contribution in [1.29, 1.82) is 0 Å². The highest BCUT2D eigenvalue weighted by molar-refractivity contribution is 7.89. The molecule has 1 rings (SSSR count). The molecule has 0 amide bonds. The summed E-state index contributed by atoms with van der Waals surface area (Å²) < 4.78 is 26.6. The third kappa shape index (κ3) is 4.21. The lowest BCUT2D eigenvalue weighted by molar-refractivity contribution is 0.213. The molecule has 0 aromatic rings. The predicted molar refractivity (Wildman–Crippen MR) is 76.1 cm³/mol. The molecular formula is C13H28N2O2S. The number of hydrogen-bond donors (Lipinski definition) is 1. The molecule has 0 radical (unpaired) electrons. The van der Waals surface area contributed by atoms with E-state index < -0.39 is 10.0 Å². The Bertz CT molecular complexity index is 341. The lowest BCUT2D eigenvalue weighted by Crippen LogP contribution is -2.53. The van der Waals surface area contributed by atoms with Gasteiger partial charge in [0.05, 0.1) is 5.75 Å². The van der Waals surface area contributed by atoms with Gasteiger partial charge in [-0.25, -0.2) is 8.42 Å². The maximum atomic E-state index is 12.4. The zero-order chi connectivity index (χ0) is 13.8. The highest BCUT2D eigenvalue weighted by Gasteiger charge is 2.34. The summed E-state index contributed by atoms with van der Waals surface area (Å²) in [6.07, 6.45) is 3.85. The summed E-state index contributed by atoms with van der Waals surface area (Å²) in [6.45, 7) is 6.90. The normalized spacial score (nSPS) is 24.4. The molecule has 1 fully saturated rings. The van der Waals surface area contributed by atoms with Crippen LogP contribution in [0.2, 0.25) is 0 Å². The van der Waals surface area contributed by atoms with Crippen LogP contribution in [-0.2, 0) is 10.0 Å². The standard InChI is InChI=1S/C13H28N2O2S/c1-11(2)8-10-18(16,17)15-9-6-5-7-13(15)12(3)14-4/h11-14H,5-10H2,1-4H3. The van der Waals surface area contributed by atoms with Crippen LogP contribution in [-0.4, -0.2) is 44.2 Å². The van der Waals surface area contributed by atoms with Gasteiger partial charge in [0.2, 0.25) is 10.0 Å². The first-order chi connectivity index (χ1) is 8.38. The maximum absolute atomic E-state index is 12.4. The molecule has 1 heterocycles. The van der Waals surface area contributed by atoms with Gasteiger partial charge >= 0.3 is 0 Å². The van der Waals surface area contributed by atoms with Crippen LogP contribution in [0.15, 0.2) is 0 Å². The van der Waals surface area contributed by atoms with Crippen molar-refractivity contribution in [2.45, 2.75) is 58.5 Å². The molecule has 0 saturated carbocycles. The van der Waals surface area contributed by atoms with E-state index in [1.807, 2.05) is 7.05 Å². The Morgan fingerprint density at radius 3 is 2.50 bits per heavy atom. The largest absolute Gasteiger partial charge is 0.316 e. The van der Waals surface area contributed by atoms with Gasteiger partial charge in [-0.3, -0.25) is 0 Å². The minimum Gasteiger partial charge on any atom is -0.316 e. The number of likely N-dealkylation sites (N-methyl/N-ethyl adjacent to an activating group) is 1. The Morgan fingerprint density at radius 2 is 1.94 bits per heavy atom. The minimum absolute atomic E-state index is 0.126. The second-order valence-electron chi connectivity index (χ2n) is 5.75. The fourth-order valence-electron chi connectivity index (χ4n) is 2.47. The SMILES string of the molecule is CNC(C)C1CCCCN1S(=O)(=O)CCC(C)C. The zero-order valence-electron chi connectivity index (χ0n) is 12.1. The third-order valence-electron chi connectivity index (χ3n) is 3.84. The summed E-state index contributed by atoms with van der Waals surface area (Å²) in [5, 5.41) is 3.20. The van der Waals surface area contributed by atoms with Crippen LogP contribution in [0, 0.1) is 5.92 Å². The first kappa shape index (κ1) is 15.9. The topological polar surface area (TPSA) is 49.4 Å². The van der Waals surface area contributed by atoms with Crippen LogP contribution >= 0.6 is 0 Å². The van der Waals surface area contributed by atoms with Gasteiger partial charge in [0.15, 0.2) is 0 Å². The highest BCUT2D eigenvalue weighted by atomic mass is 32.2. The monoisotopic (exact) mass is 276 g/mol. The van der Waals surface area contributed by atoms with Crippen molar-refractivity contribution in [3.8, 4) is 0 Å². The van der Waals surface area contributed by atoms with Crippen molar-refractivity contribution in [2.24, 2.45) is 5.92 Å². The minimum atomic E-state index is -3.09. The summed E-state index contributed by atoms with van der Waals surface area (Å²) in [7, 11) is -1.19. The fourth-order valence-corrected chi connectivity index (χ4v) is 4.58. The van der Waals surface area contributed by atoms with E-state index in [1.165, 1.54) is 0 Å². The molecule has 1 saturated heterocycles. The van der Waals surface area contributed by atoms with Crippen LogP contribution in [0.1, 0.15) is 46.5 Å². The van der Waals surface area contributed by atoms with Gasteiger partial charge in [-0.2, -0.15) is 4.31 Å². The number of sulfonamides is 1. The lowest BCUT2D eigenvalue weighted by Gasteiger charge is -2.38. The van der Waals surface area contributed by atoms with Crippen molar-refractivity contribution >= 4 is 10.0 Å². The van der Waals surface area contributed by atoms with Crippen LogP contribution < -0.4 is 5.32 Å². The Morgan fingerprint density at radius 1 is 1.28 bits per heavy atom. The molecule has 1 N–H and O–H groups in total. The second kappa shape index (κ2) is 6.87. The summed E-state index contributed by atoms with van der Waals surface area (Å²) >= 11 is 0. The second-order valence-corrected chi connectivity index (χ2v) is 7.79. The van der Waals surface area contributed by atoms with Gasteiger partial charge in [0.1, 0.15) is 0 Å². The molecule has 1 aliphatic rings. The summed E-state index contributed by atoms with van der Waals surface area (Å²) in [4.78, 5) is 0. The predicted octanol–water partition coefficient (Wildman–Crippen LogP) is 1.82. The molecule has 0 spiro atoms. The lowest BCUT2D eigenvalue weighted by atomic mass is 9.99. The van der Waals surface area contributed by atoms with Crippen LogP contribution in [0.5, 0.6) is 0 Å². The summed E-state index contributed by atoms with van der Waals surface area (Å²) in [6, 6.07) is 0.347. The average Bonchev–Trinajstić information content (AvgIpc) is 2.35.